The van der Waals surface area contributed by atoms with Crippen LogP contribution in [-0.4, -0.2) is 11.7 Å². The molecule has 0 aliphatic heterocycles. The highest BCUT2D eigenvalue weighted by Gasteiger charge is 2.14. The molecular weight excluding hydrogens is 136 g/mol. The maximum atomic E-state index is 8.83. The highest BCUT2D eigenvalue weighted by atomic mass is 16.3. The molecule has 1 atom stereocenters. The van der Waals surface area contributed by atoms with Gasteiger partial charge in [0, 0.05) is 0 Å². The Kier molecular flexibility index (Phi) is 2.89. The minimum atomic E-state index is 0.150. The molecule has 0 aromatic rings. The Labute approximate surface area is 68.4 Å². The van der Waals surface area contributed by atoms with E-state index in [2.05, 4.69) is 19.6 Å². The van der Waals surface area contributed by atoms with Gasteiger partial charge in [-0.15, -0.1) is 0 Å². The van der Waals surface area contributed by atoms with Gasteiger partial charge >= 0.3 is 0 Å². The van der Waals surface area contributed by atoms with E-state index in [-0.39, 0.29) is 6.61 Å². The fourth-order valence-electron chi connectivity index (χ4n) is 1.47. The lowest BCUT2D eigenvalue weighted by Gasteiger charge is -2.21. The molecule has 0 fully saturated rings. The fourth-order valence-corrected chi connectivity index (χ4v) is 1.47. The van der Waals surface area contributed by atoms with Gasteiger partial charge in [-0.05, 0) is 37.7 Å². The van der Waals surface area contributed by atoms with E-state index in [1.807, 2.05) is 0 Å². The standard InChI is InChI=1S/C10H16O/c1-8-3-5-10(6-4-8)9(2)7-11/h3,10-11H,2,4-7H2,1H3. The molecule has 0 heterocycles. The molecule has 1 rings (SSSR count). The Hall–Kier alpha value is -0.560. The van der Waals surface area contributed by atoms with E-state index in [4.69, 9.17) is 5.11 Å². The van der Waals surface area contributed by atoms with Gasteiger partial charge in [0.1, 0.15) is 0 Å². The largest absolute Gasteiger partial charge is 0.392 e. The lowest BCUT2D eigenvalue weighted by atomic mass is 9.86. The number of aliphatic hydroxyl groups excluding tert-OH is 1. The number of hydrogen-bond acceptors (Lipinski definition) is 1. The SMILES string of the molecule is C=C(CO)C1CC=C(C)CC1. The third-order valence-corrected chi connectivity index (χ3v) is 2.42. The molecule has 1 heteroatoms. The second-order valence-electron chi connectivity index (χ2n) is 3.34. The summed E-state index contributed by atoms with van der Waals surface area (Å²) < 4.78 is 0. The fraction of sp³-hybridized carbons (Fsp3) is 0.600. The van der Waals surface area contributed by atoms with E-state index >= 15 is 0 Å². The minimum absolute atomic E-state index is 0.150. The monoisotopic (exact) mass is 152 g/mol. The predicted octanol–water partition coefficient (Wildman–Crippen LogP) is 2.28. The normalized spacial score (nSPS) is 24.5. The van der Waals surface area contributed by atoms with Crippen molar-refractivity contribution in [2.45, 2.75) is 26.2 Å². The summed E-state index contributed by atoms with van der Waals surface area (Å²) in [5, 5.41) is 8.83. The summed E-state index contributed by atoms with van der Waals surface area (Å²) >= 11 is 0. The quantitative estimate of drug-likeness (QED) is 0.602. The average molecular weight is 152 g/mol. The van der Waals surface area contributed by atoms with Crippen molar-refractivity contribution in [3.8, 4) is 0 Å². The summed E-state index contributed by atoms with van der Waals surface area (Å²) in [6, 6.07) is 0. The van der Waals surface area contributed by atoms with Crippen LogP contribution < -0.4 is 0 Å². The van der Waals surface area contributed by atoms with E-state index in [0.29, 0.717) is 5.92 Å². The maximum Gasteiger partial charge on any atom is 0.0641 e. The van der Waals surface area contributed by atoms with Crippen molar-refractivity contribution >= 4 is 0 Å². The minimum Gasteiger partial charge on any atom is -0.392 e. The van der Waals surface area contributed by atoms with Crippen LogP contribution in [0.25, 0.3) is 0 Å². The zero-order chi connectivity index (χ0) is 8.27. The molecule has 0 spiro atoms. The van der Waals surface area contributed by atoms with Crippen LogP contribution >= 0.6 is 0 Å². The van der Waals surface area contributed by atoms with Crippen molar-refractivity contribution in [2.75, 3.05) is 6.61 Å². The van der Waals surface area contributed by atoms with Crippen molar-refractivity contribution in [1.29, 1.82) is 0 Å². The number of hydrogen-bond donors (Lipinski definition) is 1. The highest BCUT2D eigenvalue weighted by molar-refractivity contribution is 5.11. The lowest BCUT2D eigenvalue weighted by Crippen LogP contribution is -2.09. The first-order valence-corrected chi connectivity index (χ1v) is 4.18. The van der Waals surface area contributed by atoms with Crippen molar-refractivity contribution in [2.24, 2.45) is 5.92 Å². The molecule has 62 valence electrons. The Bertz CT molecular complexity index is 179. The Morgan fingerprint density at radius 3 is 3.00 bits per heavy atom. The zero-order valence-corrected chi connectivity index (χ0v) is 7.14. The van der Waals surface area contributed by atoms with Crippen molar-refractivity contribution in [1.82, 2.24) is 0 Å². The summed E-state index contributed by atoms with van der Waals surface area (Å²) in [5.41, 5.74) is 2.47. The van der Waals surface area contributed by atoms with Gasteiger partial charge in [0.05, 0.1) is 6.61 Å². The van der Waals surface area contributed by atoms with E-state index in [9.17, 15) is 0 Å². The molecule has 0 saturated heterocycles. The van der Waals surface area contributed by atoms with Crippen LogP contribution in [0, 0.1) is 5.92 Å². The summed E-state index contributed by atoms with van der Waals surface area (Å²) in [7, 11) is 0. The van der Waals surface area contributed by atoms with Gasteiger partial charge in [-0.2, -0.15) is 0 Å². The van der Waals surface area contributed by atoms with Crippen molar-refractivity contribution < 1.29 is 5.11 Å². The van der Waals surface area contributed by atoms with Crippen LogP contribution in [0.15, 0.2) is 23.8 Å². The van der Waals surface area contributed by atoms with Gasteiger partial charge in [-0.3, -0.25) is 0 Å². The van der Waals surface area contributed by atoms with Crippen LogP contribution in [0.3, 0.4) is 0 Å². The van der Waals surface area contributed by atoms with Crippen LogP contribution in [0.5, 0.6) is 0 Å². The van der Waals surface area contributed by atoms with Gasteiger partial charge in [0.25, 0.3) is 0 Å². The van der Waals surface area contributed by atoms with Crippen molar-refractivity contribution in [3.63, 3.8) is 0 Å². The molecule has 1 nitrogen and oxygen atoms in total. The van der Waals surface area contributed by atoms with E-state index in [0.717, 1.165) is 12.0 Å². The summed E-state index contributed by atoms with van der Waals surface area (Å²) in [4.78, 5) is 0. The van der Waals surface area contributed by atoms with Crippen LogP contribution in [0.1, 0.15) is 26.2 Å². The summed E-state index contributed by atoms with van der Waals surface area (Å²) in [6.45, 7) is 6.16. The third kappa shape index (κ3) is 2.19. The van der Waals surface area contributed by atoms with Crippen LogP contribution in [0.4, 0.5) is 0 Å². The first kappa shape index (κ1) is 8.54. The maximum absolute atomic E-state index is 8.83. The highest BCUT2D eigenvalue weighted by Crippen LogP contribution is 2.27. The number of aliphatic hydroxyl groups is 1. The van der Waals surface area contributed by atoms with Gasteiger partial charge in [0.15, 0.2) is 0 Å². The van der Waals surface area contributed by atoms with E-state index < -0.39 is 0 Å². The van der Waals surface area contributed by atoms with Gasteiger partial charge in [-0.1, -0.05) is 18.2 Å². The second kappa shape index (κ2) is 3.72. The molecule has 0 aromatic carbocycles. The average Bonchev–Trinajstić information content (AvgIpc) is 2.05. The molecule has 0 amide bonds. The smallest absolute Gasteiger partial charge is 0.0641 e. The number of allylic oxidation sites excluding steroid dienone is 2. The molecule has 0 radical (unpaired) electrons. The molecule has 0 bridgehead atoms. The van der Waals surface area contributed by atoms with Crippen LogP contribution in [0.2, 0.25) is 0 Å². The molecule has 11 heavy (non-hydrogen) atoms. The molecule has 1 unspecified atom stereocenters. The molecule has 0 aromatic heterocycles. The zero-order valence-electron chi connectivity index (χ0n) is 7.14. The Morgan fingerprint density at radius 1 is 1.82 bits per heavy atom. The van der Waals surface area contributed by atoms with E-state index in [1.165, 1.54) is 18.4 Å². The molecule has 1 N–H and O–H groups in total. The third-order valence-electron chi connectivity index (χ3n) is 2.42. The predicted molar refractivity (Wildman–Crippen MR) is 47.3 cm³/mol. The van der Waals surface area contributed by atoms with Crippen LogP contribution in [-0.2, 0) is 0 Å². The summed E-state index contributed by atoms with van der Waals surface area (Å²) in [5.74, 6) is 0.531. The van der Waals surface area contributed by atoms with E-state index in [1.54, 1.807) is 0 Å². The molecule has 1 aliphatic carbocycles. The molecule has 1 aliphatic rings. The topological polar surface area (TPSA) is 20.2 Å². The van der Waals surface area contributed by atoms with Gasteiger partial charge in [-0.25, -0.2) is 0 Å². The van der Waals surface area contributed by atoms with Gasteiger partial charge < -0.3 is 5.11 Å². The summed E-state index contributed by atoms with van der Waals surface area (Å²) in [6.07, 6.45) is 5.67. The first-order valence-electron chi connectivity index (χ1n) is 4.18. The molecular formula is C10H16O. The van der Waals surface area contributed by atoms with Gasteiger partial charge in [0.2, 0.25) is 0 Å². The second-order valence-corrected chi connectivity index (χ2v) is 3.34. The Morgan fingerprint density at radius 2 is 2.55 bits per heavy atom. The lowest BCUT2D eigenvalue weighted by molar-refractivity contribution is 0.309. The molecule has 0 saturated carbocycles. The number of rotatable bonds is 2. The first-order chi connectivity index (χ1) is 5.24. The van der Waals surface area contributed by atoms with Crippen molar-refractivity contribution in [3.05, 3.63) is 23.8 Å². The Balaban J connectivity index is 2.47.